The molecule has 0 aliphatic rings. The third-order valence-corrected chi connectivity index (χ3v) is 3.41. The highest BCUT2D eigenvalue weighted by atomic mass is 19.1. The molecule has 0 atom stereocenters. The topological polar surface area (TPSA) is 77.4 Å². The molecule has 8 heteroatoms. The van der Waals surface area contributed by atoms with Crippen molar-refractivity contribution < 1.29 is 22.8 Å². The SMILES string of the molecule is CCCOc1cccc(-c2cc(F)c(OCc3cc(=O)[nH]o3)c(F)c2)n1. The fraction of sp³-hybridized carbons (Fsp3) is 0.222. The van der Waals surface area contributed by atoms with Crippen LogP contribution >= 0.6 is 0 Å². The first kappa shape index (κ1) is 17.7. The van der Waals surface area contributed by atoms with E-state index in [-0.39, 0.29) is 17.9 Å². The summed E-state index contributed by atoms with van der Waals surface area (Å²) >= 11 is 0. The maximum atomic E-state index is 14.3. The van der Waals surface area contributed by atoms with E-state index in [1.807, 2.05) is 6.92 Å². The van der Waals surface area contributed by atoms with Gasteiger partial charge in [0.2, 0.25) is 5.88 Å². The monoisotopic (exact) mass is 362 g/mol. The number of pyridine rings is 1. The fourth-order valence-electron chi connectivity index (χ4n) is 2.24. The first-order chi connectivity index (χ1) is 12.6. The predicted molar refractivity (Wildman–Crippen MR) is 89.0 cm³/mol. The number of nitrogens with zero attached hydrogens (tertiary/aromatic N) is 1. The highest BCUT2D eigenvalue weighted by Gasteiger charge is 2.15. The lowest BCUT2D eigenvalue weighted by molar-refractivity contribution is 0.230. The first-order valence-electron chi connectivity index (χ1n) is 7.96. The molecule has 0 aliphatic carbocycles. The summed E-state index contributed by atoms with van der Waals surface area (Å²) in [5.74, 6) is -1.83. The number of aromatic nitrogens is 2. The Morgan fingerprint density at radius 3 is 2.58 bits per heavy atom. The second-order valence-electron chi connectivity index (χ2n) is 5.45. The summed E-state index contributed by atoms with van der Waals surface area (Å²) in [5, 5.41) is 2.07. The minimum absolute atomic E-state index is 0.125. The Hall–Kier alpha value is -3.16. The molecular formula is C18H16F2N2O4. The summed E-state index contributed by atoms with van der Waals surface area (Å²) in [6.45, 7) is 2.18. The molecule has 6 nitrogen and oxygen atoms in total. The van der Waals surface area contributed by atoms with Crippen LogP contribution < -0.4 is 15.0 Å². The second kappa shape index (κ2) is 7.81. The van der Waals surface area contributed by atoms with Crippen molar-refractivity contribution in [3.05, 3.63) is 64.1 Å². The molecule has 0 radical (unpaired) electrons. The van der Waals surface area contributed by atoms with Crippen molar-refractivity contribution in [2.75, 3.05) is 6.61 Å². The summed E-state index contributed by atoms with van der Waals surface area (Å²) in [4.78, 5) is 15.2. The largest absolute Gasteiger partial charge is 0.479 e. The van der Waals surface area contributed by atoms with E-state index in [1.165, 1.54) is 0 Å². The minimum atomic E-state index is -0.889. The van der Waals surface area contributed by atoms with Crippen LogP contribution in [0.5, 0.6) is 11.6 Å². The van der Waals surface area contributed by atoms with E-state index < -0.39 is 22.9 Å². The zero-order valence-electron chi connectivity index (χ0n) is 13.9. The average Bonchev–Trinajstić information content (AvgIpc) is 3.04. The van der Waals surface area contributed by atoms with Crippen LogP contribution in [-0.2, 0) is 6.61 Å². The quantitative estimate of drug-likeness (QED) is 0.694. The van der Waals surface area contributed by atoms with Gasteiger partial charge < -0.3 is 14.0 Å². The van der Waals surface area contributed by atoms with Crippen LogP contribution in [0.1, 0.15) is 19.1 Å². The molecule has 0 saturated carbocycles. The summed E-state index contributed by atoms with van der Waals surface area (Å²) in [6.07, 6.45) is 0.822. The minimum Gasteiger partial charge on any atom is -0.479 e. The Labute approximate surface area is 147 Å². The van der Waals surface area contributed by atoms with E-state index in [0.717, 1.165) is 24.6 Å². The van der Waals surface area contributed by atoms with Gasteiger partial charge in [-0.05, 0) is 24.6 Å². The zero-order chi connectivity index (χ0) is 18.5. The van der Waals surface area contributed by atoms with Crippen molar-refractivity contribution >= 4 is 0 Å². The highest BCUT2D eigenvalue weighted by Crippen LogP contribution is 2.29. The van der Waals surface area contributed by atoms with Gasteiger partial charge in [0.25, 0.3) is 5.56 Å². The van der Waals surface area contributed by atoms with Crippen LogP contribution in [0.25, 0.3) is 11.3 Å². The molecule has 1 N–H and O–H groups in total. The van der Waals surface area contributed by atoms with Gasteiger partial charge in [0.05, 0.1) is 18.4 Å². The fourth-order valence-corrected chi connectivity index (χ4v) is 2.24. The Morgan fingerprint density at radius 1 is 1.15 bits per heavy atom. The molecule has 3 rings (SSSR count). The highest BCUT2D eigenvalue weighted by molar-refractivity contribution is 5.61. The van der Waals surface area contributed by atoms with E-state index in [9.17, 15) is 13.6 Å². The third-order valence-electron chi connectivity index (χ3n) is 3.41. The van der Waals surface area contributed by atoms with E-state index >= 15 is 0 Å². The lowest BCUT2D eigenvalue weighted by atomic mass is 10.1. The van der Waals surface area contributed by atoms with Crippen LogP contribution in [0.15, 0.2) is 45.7 Å². The van der Waals surface area contributed by atoms with Crippen LogP contribution in [0.2, 0.25) is 0 Å². The van der Waals surface area contributed by atoms with Gasteiger partial charge in [0.15, 0.2) is 23.1 Å². The predicted octanol–water partition coefficient (Wildman–Crippen LogP) is 3.68. The van der Waals surface area contributed by atoms with Crippen molar-refractivity contribution in [1.82, 2.24) is 10.1 Å². The number of benzene rings is 1. The molecule has 0 amide bonds. The molecule has 0 fully saturated rings. The van der Waals surface area contributed by atoms with E-state index in [2.05, 4.69) is 10.1 Å². The van der Waals surface area contributed by atoms with Crippen molar-refractivity contribution in [1.29, 1.82) is 0 Å². The molecule has 0 unspecified atom stereocenters. The number of ether oxygens (including phenoxy) is 2. The Bertz CT molecular complexity index is 929. The van der Waals surface area contributed by atoms with Gasteiger partial charge in [0.1, 0.15) is 6.61 Å². The van der Waals surface area contributed by atoms with E-state index in [0.29, 0.717) is 18.2 Å². The zero-order valence-corrected chi connectivity index (χ0v) is 13.9. The number of rotatable bonds is 7. The molecule has 136 valence electrons. The molecule has 0 bridgehead atoms. The van der Waals surface area contributed by atoms with E-state index in [4.69, 9.17) is 14.0 Å². The molecule has 0 spiro atoms. The number of nitrogens with one attached hydrogen (secondary N) is 1. The van der Waals surface area contributed by atoms with E-state index in [1.54, 1.807) is 18.2 Å². The van der Waals surface area contributed by atoms with Gasteiger partial charge in [-0.1, -0.05) is 13.0 Å². The van der Waals surface area contributed by atoms with Crippen LogP contribution in [0, 0.1) is 11.6 Å². The maximum Gasteiger partial charge on any atom is 0.280 e. The van der Waals surface area contributed by atoms with Gasteiger partial charge in [0, 0.05) is 11.6 Å². The Morgan fingerprint density at radius 2 is 1.92 bits per heavy atom. The second-order valence-corrected chi connectivity index (χ2v) is 5.45. The van der Waals surface area contributed by atoms with Gasteiger partial charge >= 0.3 is 0 Å². The smallest absolute Gasteiger partial charge is 0.280 e. The van der Waals surface area contributed by atoms with Crippen molar-refractivity contribution in [2.45, 2.75) is 20.0 Å². The van der Waals surface area contributed by atoms with Crippen LogP contribution in [0.3, 0.4) is 0 Å². The van der Waals surface area contributed by atoms with Gasteiger partial charge in [-0.3, -0.25) is 4.79 Å². The van der Waals surface area contributed by atoms with Gasteiger partial charge in [-0.15, -0.1) is 0 Å². The van der Waals surface area contributed by atoms with Gasteiger partial charge in [-0.25, -0.2) is 13.8 Å². The lowest BCUT2D eigenvalue weighted by Gasteiger charge is -2.10. The standard InChI is InChI=1S/C18H16F2N2O4/c1-2-6-24-17-5-3-4-15(21-17)11-7-13(19)18(14(20)8-11)25-10-12-9-16(23)22-26-12/h3-5,7-9H,2,6,10H2,1H3,(H,22,23). The summed E-state index contributed by atoms with van der Waals surface area (Å²) in [6, 6.07) is 8.38. The Kier molecular flexibility index (Phi) is 5.31. The maximum absolute atomic E-state index is 14.3. The lowest BCUT2D eigenvalue weighted by Crippen LogP contribution is -2.01. The van der Waals surface area contributed by atoms with Crippen molar-refractivity contribution in [3.63, 3.8) is 0 Å². The summed E-state index contributed by atoms with van der Waals surface area (Å²) in [5.41, 5.74) is 0.165. The number of hydrogen-bond donors (Lipinski definition) is 1. The molecule has 2 heterocycles. The number of halogens is 2. The molecule has 1 aromatic carbocycles. The molecule has 3 aromatic rings. The van der Waals surface area contributed by atoms with Crippen LogP contribution in [-0.4, -0.2) is 16.7 Å². The number of hydrogen-bond acceptors (Lipinski definition) is 5. The Balaban J connectivity index is 1.81. The average molecular weight is 362 g/mol. The molecule has 26 heavy (non-hydrogen) atoms. The summed E-state index contributed by atoms with van der Waals surface area (Å²) in [7, 11) is 0. The number of aromatic amines is 1. The molecular weight excluding hydrogens is 346 g/mol. The molecule has 2 aromatic heterocycles. The van der Waals surface area contributed by atoms with Gasteiger partial charge in [-0.2, -0.15) is 5.16 Å². The molecule has 0 saturated heterocycles. The van der Waals surface area contributed by atoms with Crippen molar-refractivity contribution in [2.24, 2.45) is 0 Å². The first-order valence-corrected chi connectivity index (χ1v) is 7.96. The third kappa shape index (κ3) is 4.08. The summed E-state index contributed by atoms with van der Waals surface area (Å²) < 4.78 is 43.9. The van der Waals surface area contributed by atoms with Crippen molar-refractivity contribution in [3.8, 4) is 22.9 Å². The van der Waals surface area contributed by atoms with Crippen LogP contribution in [0.4, 0.5) is 8.78 Å². The normalized spacial score (nSPS) is 10.7. The number of H-pyrrole nitrogens is 1. The molecule has 0 aliphatic heterocycles.